The molecule has 3 nitrogen and oxygen atoms in total. The smallest absolute Gasteiger partial charge is 0.138 e. The Morgan fingerprint density at radius 1 is 1.24 bits per heavy atom. The average molecular weight is 223 g/mol. The molecule has 84 valence electrons. The predicted octanol–water partition coefficient (Wildman–Crippen LogP) is 2.87. The number of allylic oxidation sites excluding steroid dienone is 4. The highest BCUT2D eigenvalue weighted by atomic mass is 15.3. The molecule has 17 heavy (non-hydrogen) atoms. The fraction of sp³-hybridized carbons (Fsp3) is 0.143. The molecule has 3 heteroatoms. The van der Waals surface area contributed by atoms with E-state index in [1.54, 1.807) is 17.3 Å². The zero-order chi connectivity index (χ0) is 11.5. The summed E-state index contributed by atoms with van der Waals surface area (Å²) in [6.45, 7) is 0. The Kier molecular flexibility index (Phi) is 2.58. The molecule has 0 saturated carbocycles. The van der Waals surface area contributed by atoms with Crippen molar-refractivity contribution in [3.8, 4) is 5.69 Å². The third-order valence-corrected chi connectivity index (χ3v) is 2.96. The molecular formula is C14H13N3. The van der Waals surface area contributed by atoms with Crippen molar-refractivity contribution in [1.82, 2.24) is 14.8 Å². The van der Waals surface area contributed by atoms with Crippen molar-refractivity contribution in [1.29, 1.82) is 0 Å². The first-order valence-electron chi connectivity index (χ1n) is 5.72. The maximum atomic E-state index is 4.15. The van der Waals surface area contributed by atoms with Crippen LogP contribution in [-0.2, 0) is 0 Å². The SMILES string of the molecule is C1=CCC(c2cccc(-n3cncn3)c2)C=C1. The number of rotatable bonds is 2. The Morgan fingerprint density at radius 3 is 3.00 bits per heavy atom. The van der Waals surface area contributed by atoms with E-state index < -0.39 is 0 Å². The van der Waals surface area contributed by atoms with Gasteiger partial charge in [-0.2, -0.15) is 5.10 Å². The Labute approximate surface area is 100 Å². The second kappa shape index (κ2) is 4.37. The van der Waals surface area contributed by atoms with Crippen molar-refractivity contribution in [3.05, 3.63) is 66.8 Å². The Hall–Kier alpha value is -2.16. The van der Waals surface area contributed by atoms with Gasteiger partial charge in [0.1, 0.15) is 12.7 Å². The van der Waals surface area contributed by atoms with Crippen LogP contribution < -0.4 is 0 Å². The minimum absolute atomic E-state index is 0.475. The predicted molar refractivity (Wildman–Crippen MR) is 67.0 cm³/mol. The molecule has 0 spiro atoms. The summed E-state index contributed by atoms with van der Waals surface area (Å²) in [6.07, 6.45) is 13.0. The van der Waals surface area contributed by atoms with Gasteiger partial charge in [0.25, 0.3) is 0 Å². The highest BCUT2D eigenvalue weighted by Crippen LogP contribution is 2.25. The topological polar surface area (TPSA) is 30.7 Å². The lowest BCUT2D eigenvalue weighted by Gasteiger charge is -2.14. The molecule has 0 radical (unpaired) electrons. The second-order valence-corrected chi connectivity index (χ2v) is 4.09. The van der Waals surface area contributed by atoms with E-state index >= 15 is 0 Å². The van der Waals surface area contributed by atoms with Gasteiger partial charge in [-0.25, -0.2) is 9.67 Å². The number of benzene rings is 1. The molecule has 0 amide bonds. The lowest BCUT2D eigenvalue weighted by atomic mass is 9.92. The fourth-order valence-electron chi connectivity index (χ4n) is 2.07. The summed E-state index contributed by atoms with van der Waals surface area (Å²) >= 11 is 0. The molecule has 0 aliphatic heterocycles. The van der Waals surface area contributed by atoms with E-state index in [2.05, 4.69) is 52.6 Å². The van der Waals surface area contributed by atoms with Crippen molar-refractivity contribution >= 4 is 0 Å². The molecule has 1 unspecified atom stereocenters. The average Bonchev–Trinajstić information content (AvgIpc) is 2.94. The molecule has 1 aliphatic rings. The summed E-state index contributed by atoms with van der Waals surface area (Å²) in [5.74, 6) is 0.475. The Morgan fingerprint density at radius 2 is 2.24 bits per heavy atom. The molecule has 1 atom stereocenters. The molecule has 1 heterocycles. The van der Waals surface area contributed by atoms with Gasteiger partial charge < -0.3 is 0 Å². The van der Waals surface area contributed by atoms with E-state index in [9.17, 15) is 0 Å². The van der Waals surface area contributed by atoms with Gasteiger partial charge in [0.15, 0.2) is 0 Å². The molecule has 3 rings (SSSR count). The molecule has 0 bridgehead atoms. The Bertz CT molecular complexity index is 553. The summed E-state index contributed by atoms with van der Waals surface area (Å²) in [7, 11) is 0. The number of hydrogen-bond donors (Lipinski definition) is 0. The fourth-order valence-corrected chi connectivity index (χ4v) is 2.07. The van der Waals surface area contributed by atoms with Crippen molar-refractivity contribution in [2.45, 2.75) is 12.3 Å². The minimum Gasteiger partial charge on any atom is -0.223 e. The van der Waals surface area contributed by atoms with E-state index in [4.69, 9.17) is 0 Å². The van der Waals surface area contributed by atoms with Crippen molar-refractivity contribution in [2.75, 3.05) is 0 Å². The normalized spacial score (nSPS) is 18.5. The zero-order valence-electron chi connectivity index (χ0n) is 9.40. The standard InChI is InChI=1S/C14H13N3/c1-2-5-12(6-3-1)13-7-4-8-14(9-13)17-11-15-10-16-17/h1-5,7-12H,6H2. The van der Waals surface area contributed by atoms with Crippen LogP contribution in [0.1, 0.15) is 17.9 Å². The van der Waals surface area contributed by atoms with Gasteiger partial charge in [-0.15, -0.1) is 0 Å². The molecule has 2 aromatic rings. The van der Waals surface area contributed by atoms with E-state index in [-0.39, 0.29) is 0 Å². The van der Waals surface area contributed by atoms with Crippen LogP contribution in [0.25, 0.3) is 5.69 Å². The molecule has 0 fully saturated rings. The lowest BCUT2D eigenvalue weighted by molar-refractivity contribution is 0.837. The van der Waals surface area contributed by atoms with Crippen LogP contribution in [0.5, 0.6) is 0 Å². The molecule has 0 N–H and O–H groups in total. The van der Waals surface area contributed by atoms with E-state index in [1.807, 2.05) is 6.07 Å². The maximum Gasteiger partial charge on any atom is 0.138 e. The third kappa shape index (κ3) is 2.04. The van der Waals surface area contributed by atoms with Crippen LogP contribution in [0, 0.1) is 0 Å². The van der Waals surface area contributed by atoms with Crippen LogP contribution >= 0.6 is 0 Å². The third-order valence-electron chi connectivity index (χ3n) is 2.96. The van der Waals surface area contributed by atoms with Crippen molar-refractivity contribution in [3.63, 3.8) is 0 Å². The zero-order valence-corrected chi connectivity index (χ0v) is 9.40. The van der Waals surface area contributed by atoms with Crippen LogP contribution in [0.4, 0.5) is 0 Å². The highest BCUT2D eigenvalue weighted by Gasteiger charge is 2.09. The monoisotopic (exact) mass is 223 g/mol. The van der Waals surface area contributed by atoms with Gasteiger partial charge in [0.05, 0.1) is 5.69 Å². The molecule has 1 aromatic heterocycles. The van der Waals surface area contributed by atoms with Crippen LogP contribution in [0.15, 0.2) is 61.2 Å². The first kappa shape index (κ1) is 10.0. The van der Waals surface area contributed by atoms with Gasteiger partial charge in [-0.3, -0.25) is 0 Å². The molecule has 1 aromatic carbocycles. The number of nitrogens with zero attached hydrogens (tertiary/aromatic N) is 3. The first-order valence-corrected chi connectivity index (χ1v) is 5.72. The summed E-state index contributed by atoms with van der Waals surface area (Å²) in [4.78, 5) is 3.97. The van der Waals surface area contributed by atoms with Gasteiger partial charge >= 0.3 is 0 Å². The molecular weight excluding hydrogens is 210 g/mol. The lowest BCUT2D eigenvalue weighted by Crippen LogP contribution is -1.99. The quantitative estimate of drug-likeness (QED) is 0.783. The molecule has 1 aliphatic carbocycles. The molecule has 0 saturated heterocycles. The second-order valence-electron chi connectivity index (χ2n) is 4.09. The summed E-state index contributed by atoms with van der Waals surface area (Å²) in [6, 6.07) is 8.44. The Balaban J connectivity index is 1.94. The minimum atomic E-state index is 0.475. The van der Waals surface area contributed by atoms with Gasteiger partial charge in [-0.05, 0) is 24.1 Å². The van der Waals surface area contributed by atoms with Gasteiger partial charge in [-0.1, -0.05) is 36.4 Å². The summed E-state index contributed by atoms with van der Waals surface area (Å²) in [5, 5.41) is 4.15. The van der Waals surface area contributed by atoms with Gasteiger partial charge in [0, 0.05) is 5.92 Å². The van der Waals surface area contributed by atoms with Crippen molar-refractivity contribution in [2.24, 2.45) is 0 Å². The number of aromatic nitrogens is 3. The summed E-state index contributed by atoms with van der Waals surface area (Å²) in [5.41, 5.74) is 2.38. The van der Waals surface area contributed by atoms with E-state index in [0.717, 1.165) is 12.1 Å². The summed E-state index contributed by atoms with van der Waals surface area (Å²) < 4.78 is 1.78. The largest absolute Gasteiger partial charge is 0.223 e. The van der Waals surface area contributed by atoms with Gasteiger partial charge in [0.2, 0.25) is 0 Å². The maximum absolute atomic E-state index is 4.15. The van der Waals surface area contributed by atoms with Crippen LogP contribution in [0.2, 0.25) is 0 Å². The van der Waals surface area contributed by atoms with E-state index in [1.165, 1.54) is 5.56 Å². The van der Waals surface area contributed by atoms with Crippen molar-refractivity contribution < 1.29 is 0 Å². The van der Waals surface area contributed by atoms with Crippen LogP contribution in [-0.4, -0.2) is 14.8 Å². The highest BCUT2D eigenvalue weighted by molar-refractivity contribution is 5.38. The first-order chi connectivity index (χ1) is 8.43. The van der Waals surface area contributed by atoms with Crippen LogP contribution in [0.3, 0.4) is 0 Å². The number of hydrogen-bond acceptors (Lipinski definition) is 2. The van der Waals surface area contributed by atoms with E-state index in [0.29, 0.717) is 5.92 Å².